The largest absolute Gasteiger partial charge is 0.384 e. The van der Waals surface area contributed by atoms with Crippen LogP contribution in [0.25, 0.3) is 21.8 Å². The fourth-order valence-corrected chi connectivity index (χ4v) is 4.84. The van der Waals surface area contributed by atoms with Crippen molar-refractivity contribution >= 4 is 50.9 Å². The Hall–Kier alpha value is -3.12. The molecule has 0 amide bonds. The summed E-state index contributed by atoms with van der Waals surface area (Å²) in [5, 5.41) is 10.3. The second kappa shape index (κ2) is 9.74. The minimum absolute atomic E-state index is 0.133. The molecule has 1 aliphatic heterocycles. The van der Waals surface area contributed by atoms with Crippen molar-refractivity contribution in [3.05, 3.63) is 59.8 Å². The Balaban J connectivity index is 1.41. The Morgan fingerprint density at radius 2 is 1.67 bits per heavy atom. The summed E-state index contributed by atoms with van der Waals surface area (Å²) < 4.78 is 0. The van der Waals surface area contributed by atoms with Gasteiger partial charge in [0, 0.05) is 58.3 Å². The van der Waals surface area contributed by atoms with Gasteiger partial charge in [-0.25, -0.2) is 4.98 Å². The lowest BCUT2D eigenvalue weighted by Crippen LogP contribution is -2.50. The van der Waals surface area contributed by atoms with Crippen molar-refractivity contribution in [1.82, 2.24) is 15.0 Å². The number of hydrogen-bond acceptors (Lipinski definition) is 6. The van der Waals surface area contributed by atoms with E-state index in [0.717, 1.165) is 58.9 Å². The zero-order valence-corrected chi connectivity index (χ0v) is 22.4. The molecule has 0 radical (unpaired) electrons. The molecular formula is C29H35ClN6. The van der Waals surface area contributed by atoms with Crippen molar-refractivity contribution in [2.45, 2.75) is 52.5 Å². The van der Waals surface area contributed by atoms with Gasteiger partial charge in [-0.15, -0.1) is 0 Å². The van der Waals surface area contributed by atoms with Crippen molar-refractivity contribution in [3.8, 4) is 0 Å². The molecule has 2 aromatic heterocycles. The summed E-state index contributed by atoms with van der Waals surface area (Å²) in [5.74, 6) is 1.72. The maximum atomic E-state index is 6.18. The lowest BCUT2D eigenvalue weighted by atomic mass is 9.74. The number of nitrogens with one attached hydrogen (secondary N) is 2. The number of halogens is 1. The van der Waals surface area contributed by atoms with Crippen LogP contribution in [-0.4, -0.2) is 40.1 Å². The average Bonchev–Trinajstić information content (AvgIpc) is 2.87. The van der Waals surface area contributed by atoms with Crippen molar-refractivity contribution in [1.29, 1.82) is 0 Å². The van der Waals surface area contributed by atoms with Gasteiger partial charge in [-0.1, -0.05) is 37.6 Å². The van der Waals surface area contributed by atoms with Gasteiger partial charge in [0.25, 0.3) is 0 Å². The van der Waals surface area contributed by atoms with Crippen LogP contribution >= 0.6 is 11.6 Å². The van der Waals surface area contributed by atoms with Crippen molar-refractivity contribution < 1.29 is 0 Å². The molecule has 2 aromatic carbocycles. The van der Waals surface area contributed by atoms with Gasteiger partial charge in [0.1, 0.15) is 5.82 Å². The molecule has 5 rings (SSSR count). The van der Waals surface area contributed by atoms with E-state index >= 15 is 0 Å². The van der Waals surface area contributed by atoms with E-state index < -0.39 is 0 Å². The third kappa shape index (κ3) is 4.92. The van der Waals surface area contributed by atoms with E-state index in [1.807, 2.05) is 36.5 Å². The lowest BCUT2D eigenvalue weighted by Gasteiger charge is -2.43. The molecule has 1 aliphatic rings. The van der Waals surface area contributed by atoms with E-state index in [1.165, 1.54) is 19.3 Å². The van der Waals surface area contributed by atoms with Crippen LogP contribution < -0.4 is 15.5 Å². The van der Waals surface area contributed by atoms with Gasteiger partial charge in [0.05, 0.1) is 11.0 Å². The lowest BCUT2D eigenvalue weighted by molar-refractivity contribution is 0.242. The number of pyridine rings is 1. The van der Waals surface area contributed by atoms with Crippen LogP contribution in [0, 0.1) is 5.41 Å². The quantitative estimate of drug-likeness (QED) is 0.279. The first kappa shape index (κ1) is 24.6. The molecule has 0 unspecified atom stereocenters. The van der Waals surface area contributed by atoms with Gasteiger partial charge < -0.3 is 15.5 Å². The number of fused-ring (bicyclic) bond motifs is 2. The SMILES string of the molecule is CC(C)(CNc1ccnc2cc(Cl)ccc12)C(C)(C)Nc1nc(N2CCCCC2)nc2ccccc12. The predicted octanol–water partition coefficient (Wildman–Crippen LogP) is 7.15. The third-order valence-corrected chi connectivity index (χ3v) is 8.01. The van der Waals surface area contributed by atoms with Gasteiger partial charge in [-0.3, -0.25) is 4.98 Å². The van der Waals surface area contributed by atoms with E-state index in [4.69, 9.17) is 21.6 Å². The minimum Gasteiger partial charge on any atom is -0.384 e. The molecular weight excluding hydrogens is 468 g/mol. The molecule has 1 fully saturated rings. The molecule has 3 heterocycles. The van der Waals surface area contributed by atoms with Crippen LogP contribution in [0.15, 0.2) is 54.7 Å². The number of piperidine rings is 1. The van der Waals surface area contributed by atoms with Crippen LogP contribution in [0.1, 0.15) is 47.0 Å². The number of para-hydroxylation sites is 1. The van der Waals surface area contributed by atoms with Crippen molar-refractivity contribution in [2.75, 3.05) is 35.2 Å². The highest BCUT2D eigenvalue weighted by Crippen LogP contribution is 2.37. The number of anilines is 3. The second-order valence-corrected chi connectivity index (χ2v) is 11.4. The summed E-state index contributed by atoms with van der Waals surface area (Å²) in [6.45, 7) is 11.8. The Kier molecular flexibility index (Phi) is 6.64. The average molecular weight is 503 g/mol. The molecule has 2 N–H and O–H groups in total. The summed E-state index contributed by atoms with van der Waals surface area (Å²) in [5.41, 5.74) is 2.51. The Morgan fingerprint density at radius 1 is 0.889 bits per heavy atom. The smallest absolute Gasteiger partial charge is 0.227 e. The number of nitrogens with zero attached hydrogens (tertiary/aromatic N) is 4. The van der Waals surface area contributed by atoms with Gasteiger partial charge >= 0.3 is 0 Å². The van der Waals surface area contributed by atoms with Gasteiger partial charge in [0.15, 0.2) is 0 Å². The molecule has 1 saturated heterocycles. The van der Waals surface area contributed by atoms with E-state index in [1.54, 1.807) is 0 Å². The molecule has 0 spiro atoms. The van der Waals surface area contributed by atoms with Gasteiger partial charge in [0.2, 0.25) is 5.95 Å². The summed E-state index contributed by atoms with van der Waals surface area (Å²) in [6, 6.07) is 16.1. The van der Waals surface area contributed by atoms with Crippen LogP contribution in [0.2, 0.25) is 5.02 Å². The zero-order valence-electron chi connectivity index (χ0n) is 21.6. The van der Waals surface area contributed by atoms with Crippen molar-refractivity contribution in [2.24, 2.45) is 5.41 Å². The molecule has 188 valence electrons. The standard InChI is InChI=1S/C29H35ClN6/c1-28(2,19-32-23-14-15-31-25-18-20(30)12-13-21(23)25)29(3,4)35-26-22-10-6-7-11-24(22)33-27(34-26)36-16-8-5-9-17-36/h6-7,10-15,18H,5,8-9,16-17,19H2,1-4H3,(H,31,32)(H,33,34,35). The number of benzene rings is 2. The third-order valence-electron chi connectivity index (χ3n) is 7.78. The maximum absolute atomic E-state index is 6.18. The molecule has 0 bridgehead atoms. The topological polar surface area (TPSA) is 66.0 Å². The molecule has 36 heavy (non-hydrogen) atoms. The van der Waals surface area contributed by atoms with Crippen molar-refractivity contribution in [3.63, 3.8) is 0 Å². The van der Waals surface area contributed by atoms with Crippen LogP contribution in [0.5, 0.6) is 0 Å². The fourth-order valence-electron chi connectivity index (χ4n) is 4.67. The summed E-state index contributed by atoms with van der Waals surface area (Å²) in [7, 11) is 0. The first-order valence-corrected chi connectivity index (χ1v) is 13.2. The highest BCUT2D eigenvalue weighted by atomic mass is 35.5. The van der Waals surface area contributed by atoms with Crippen LogP contribution in [0.3, 0.4) is 0 Å². The highest BCUT2D eigenvalue weighted by molar-refractivity contribution is 6.31. The Labute approximate surface area is 218 Å². The van der Waals surface area contributed by atoms with Gasteiger partial charge in [-0.2, -0.15) is 4.98 Å². The first-order valence-electron chi connectivity index (χ1n) is 12.8. The van der Waals surface area contributed by atoms with E-state index in [9.17, 15) is 0 Å². The van der Waals surface area contributed by atoms with Crippen LogP contribution in [0.4, 0.5) is 17.5 Å². The highest BCUT2D eigenvalue weighted by Gasteiger charge is 2.38. The predicted molar refractivity (Wildman–Crippen MR) is 152 cm³/mol. The summed E-state index contributed by atoms with van der Waals surface area (Å²) in [6.07, 6.45) is 5.49. The Bertz CT molecular complexity index is 1380. The minimum atomic E-state index is -0.275. The normalized spacial score (nSPS) is 14.9. The molecule has 4 aromatic rings. The van der Waals surface area contributed by atoms with Gasteiger partial charge in [-0.05, 0) is 69.5 Å². The maximum Gasteiger partial charge on any atom is 0.227 e. The number of aromatic nitrogens is 3. The molecule has 0 atom stereocenters. The molecule has 6 nitrogen and oxygen atoms in total. The van der Waals surface area contributed by atoms with E-state index in [2.05, 4.69) is 66.4 Å². The first-order chi connectivity index (χ1) is 17.2. The second-order valence-electron chi connectivity index (χ2n) is 10.9. The monoisotopic (exact) mass is 502 g/mol. The molecule has 7 heteroatoms. The Morgan fingerprint density at radius 3 is 2.47 bits per heavy atom. The molecule has 0 aliphatic carbocycles. The van der Waals surface area contributed by atoms with Crippen LogP contribution in [-0.2, 0) is 0 Å². The van der Waals surface area contributed by atoms with E-state index in [0.29, 0.717) is 5.02 Å². The molecule has 0 saturated carbocycles. The summed E-state index contributed by atoms with van der Waals surface area (Å²) in [4.78, 5) is 16.8. The summed E-state index contributed by atoms with van der Waals surface area (Å²) >= 11 is 6.18. The van der Waals surface area contributed by atoms with E-state index in [-0.39, 0.29) is 11.0 Å². The fraction of sp³-hybridized carbons (Fsp3) is 0.414. The number of rotatable bonds is 7. The zero-order chi connectivity index (χ0) is 25.3. The number of hydrogen-bond donors (Lipinski definition) is 2.